The average Bonchev–Trinajstić information content (AvgIpc) is 2.49. The summed E-state index contributed by atoms with van der Waals surface area (Å²) < 4.78 is 0. The molecule has 2 rings (SSSR count). The molecule has 0 bridgehead atoms. The maximum Gasteiger partial charge on any atom is 0.306 e. The van der Waals surface area contributed by atoms with Crippen LogP contribution in [0.5, 0.6) is 0 Å². The van der Waals surface area contributed by atoms with Gasteiger partial charge >= 0.3 is 5.97 Å². The van der Waals surface area contributed by atoms with Gasteiger partial charge in [0.1, 0.15) is 0 Å². The molecule has 0 heterocycles. The zero-order chi connectivity index (χ0) is 16.3. The topological polar surface area (TPSA) is 109 Å². The number of carboxylic acid groups (broad SMARTS) is 1. The fraction of sp³-hybridized carbons (Fsp3) is 0.438. The normalized spacial score (nSPS) is 21.1. The first-order valence-electron chi connectivity index (χ1n) is 7.32. The van der Waals surface area contributed by atoms with Crippen LogP contribution in [0.15, 0.2) is 18.2 Å². The summed E-state index contributed by atoms with van der Waals surface area (Å²) in [6.07, 6.45) is 2.39. The molecule has 1 saturated carbocycles. The third-order valence-electron chi connectivity index (χ3n) is 4.17. The van der Waals surface area contributed by atoms with Crippen LogP contribution in [0.3, 0.4) is 0 Å². The van der Waals surface area contributed by atoms with Crippen molar-refractivity contribution in [2.75, 3.05) is 5.32 Å². The number of hydrogen-bond acceptors (Lipinski definition) is 3. The average molecular weight is 304 g/mol. The van der Waals surface area contributed by atoms with Crippen molar-refractivity contribution < 1.29 is 19.5 Å². The van der Waals surface area contributed by atoms with E-state index in [0.29, 0.717) is 30.5 Å². The fourth-order valence-corrected chi connectivity index (χ4v) is 2.80. The molecule has 2 unspecified atom stereocenters. The minimum Gasteiger partial charge on any atom is -0.481 e. The molecular formula is C16H20N2O4. The maximum atomic E-state index is 12.3. The molecule has 6 heteroatoms. The highest BCUT2D eigenvalue weighted by atomic mass is 16.4. The van der Waals surface area contributed by atoms with Crippen LogP contribution in [-0.4, -0.2) is 22.9 Å². The van der Waals surface area contributed by atoms with Crippen LogP contribution in [0.4, 0.5) is 5.69 Å². The van der Waals surface area contributed by atoms with Gasteiger partial charge in [-0.3, -0.25) is 14.4 Å². The number of primary amides is 1. The van der Waals surface area contributed by atoms with Gasteiger partial charge < -0.3 is 16.2 Å². The monoisotopic (exact) mass is 304 g/mol. The number of amides is 2. The van der Waals surface area contributed by atoms with Gasteiger partial charge in [-0.2, -0.15) is 0 Å². The molecule has 1 aliphatic rings. The highest BCUT2D eigenvalue weighted by Gasteiger charge is 2.31. The summed E-state index contributed by atoms with van der Waals surface area (Å²) >= 11 is 0. The van der Waals surface area contributed by atoms with E-state index in [1.54, 1.807) is 18.2 Å². The molecule has 2 amide bonds. The van der Waals surface area contributed by atoms with E-state index in [1.165, 1.54) is 0 Å². The standard InChI is InChI=1S/C16H20N2O4/c1-9-5-6-10(14(17)19)8-13(9)18-15(20)11-3-2-4-12(7-11)16(21)22/h5-6,8,11-12H,2-4,7H2,1H3,(H2,17,19)(H,18,20)(H,21,22). The second-order valence-electron chi connectivity index (χ2n) is 5.78. The lowest BCUT2D eigenvalue weighted by atomic mass is 9.81. The SMILES string of the molecule is Cc1ccc(C(N)=O)cc1NC(=O)C1CCCC(C(=O)O)C1. The number of aryl methyl sites for hydroxylation is 1. The van der Waals surface area contributed by atoms with E-state index in [1.807, 2.05) is 6.92 Å². The minimum absolute atomic E-state index is 0.198. The first kappa shape index (κ1) is 16.0. The van der Waals surface area contributed by atoms with E-state index >= 15 is 0 Å². The number of benzene rings is 1. The molecule has 1 aliphatic carbocycles. The molecule has 4 N–H and O–H groups in total. The Morgan fingerprint density at radius 3 is 2.55 bits per heavy atom. The predicted molar refractivity (Wildman–Crippen MR) is 81.4 cm³/mol. The largest absolute Gasteiger partial charge is 0.481 e. The number of anilines is 1. The summed E-state index contributed by atoms with van der Waals surface area (Å²) in [5.41, 5.74) is 6.93. The van der Waals surface area contributed by atoms with Crippen molar-refractivity contribution in [1.82, 2.24) is 0 Å². The second-order valence-corrected chi connectivity index (χ2v) is 5.78. The van der Waals surface area contributed by atoms with Crippen molar-refractivity contribution >= 4 is 23.5 Å². The molecule has 22 heavy (non-hydrogen) atoms. The van der Waals surface area contributed by atoms with Gasteiger partial charge in [-0.25, -0.2) is 0 Å². The summed E-state index contributed by atoms with van der Waals surface area (Å²) in [6, 6.07) is 4.87. The molecule has 0 aliphatic heterocycles. The van der Waals surface area contributed by atoms with Crippen molar-refractivity contribution in [3.63, 3.8) is 0 Å². The Labute approximate surface area is 128 Å². The quantitative estimate of drug-likeness (QED) is 0.789. The van der Waals surface area contributed by atoms with Crippen LogP contribution < -0.4 is 11.1 Å². The zero-order valence-electron chi connectivity index (χ0n) is 12.5. The van der Waals surface area contributed by atoms with Gasteiger partial charge in [0.2, 0.25) is 11.8 Å². The van der Waals surface area contributed by atoms with Gasteiger partial charge in [-0.1, -0.05) is 12.5 Å². The van der Waals surface area contributed by atoms with Gasteiger partial charge in [0.15, 0.2) is 0 Å². The van der Waals surface area contributed by atoms with Crippen molar-refractivity contribution in [1.29, 1.82) is 0 Å². The Bertz CT molecular complexity index is 612. The molecule has 1 aromatic rings. The number of carboxylic acids is 1. The van der Waals surface area contributed by atoms with Crippen LogP contribution in [0.1, 0.15) is 41.6 Å². The number of hydrogen-bond donors (Lipinski definition) is 3. The molecule has 0 saturated heterocycles. The molecule has 1 fully saturated rings. The van der Waals surface area contributed by atoms with Gasteiger partial charge in [0, 0.05) is 17.2 Å². The van der Waals surface area contributed by atoms with Gasteiger partial charge in [-0.05, 0) is 43.9 Å². The number of nitrogens with one attached hydrogen (secondary N) is 1. The van der Waals surface area contributed by atoms with Gasteiger partial charge in [0.25, 0.3) is 0 Å². The zero-order valence-corrected chi connectivity index (χ0v) is 12.5. The van der Waals surface area contributed by atoms with E-state index in [9.17, 15) is 14.4 Å². The van der Waals surface area contributed by atoms with Crippen LogP contribution >= 0.6 is 0 Å². The highest BCUT2D eigenvalue weighted by molar-refractivity contribution is 5.97. The van der Waals surface area contributed by atoms with E-state index in [0.717, 1.165) is 12.0 Å². The molecule has 0 spiro atoms. The summed E-state index contributed by atoms with van der Waals surface area (Å²) in [5, 5.41) is 11.9. The Morgan fingerprint density at radius 1 is 1.23 bits per heavy atom. The predicted octanol–water partition coefficient (Wildman–Crippen LogP) is 1.92. The summed E-state index contributed by atoms with van der Waals surface area (Å²) in [6.45, 7) is 1.82. The molecule has 6 nitrogen and oxygen atoms in total. The van der Waals surface area contributed by atoms with E-state index in [2.05, 4.69) is 5.32 Å². The van der Waals surface area contributed by atoms with Crippen molar-refractivity contribution in [3.8, 4) is 0 Å². The third kappa shape index (κ3) is 3.63. The maximum absolute atomic E-state index is 12.3. The Kier molecular flexibility index (Phi) is 4.80. The summed E-state index contributed by atoms with van der Waals surface area (Å²) in [4.78, 5) is 34.6. The van der Waals surface area contributed by atoms with E-state index in [-0.39, 0.29) is 11.8 Å². The lowest BCUT2D eigenvalue weighted by Crippen LogP contribution is -2.31. The number of carbonyl (C=O) groups is 3. The van der Waals surface area contributed by atoms with Crippen molar-refractivity contribution in [2.45, 2.75) is 32.6 Å². The fourth-order valence-electron chi connectivity index (χ4n) is 2.80. The Hall–Kier alpha value is -2.37. The van der Waals surface area contributed by atoms with Crippen LogP contribution in [0.25, 0.3) is 0 Å². The Balaban J connectivity index is 2.10. The molecule has 0 aromatic heterocycles. The lowest BCUT2D eigenvalue weighted by Gasteiger charge is -2.26. The molecule has 118 valence electrons. The molecular weight excluding hydrogens is 284 g/mol. The smallest absolute Gasteiger partial charge is 0.306 e. The minimum atomic E-state index is -0.843. The number of carbonyl (C=O) groups excluding carboxylic acids is 2. The third-order valence-corrected chi connectivity index (χ3v) is 4.17. The highest BCUT2D eigenvalue weighted by Crippen LogP contribution is 2.30. The van der Waals surface area contributed by atoms with Gasteiger partial charge in [-0.15, -0.1) is 0 Å². The van der Waals surface area contributed by atoms with Crippen molar-refractivity contribution in [3.05, 3.63) is 29.3 Å². The first-order chi connectivity index (χ1) is 10.4. The molecule has 2 atom stereocenters. The number of nitrogens with two attached hydrogens (primary N) is 1. The Morgan fingerprint density at radius 2 is 1.91 bits per heavy atom. The number of rotatable bonds is 4. The lowest BCUT2D eigenvalue weighted by molar-refractivity contribution is -0.143. The molecule has 1 aromatic carbocycles. The first-order valence-corrected chi connectivity index (χ1v) is 7.32. The summed E-state index contributed by atoms with van der Waals surface area (Å²) in [7, 11) is 0. The number of aliphatic carboxylic acids is 1. The van der Waals surface area contributed by atoms with Gasteiger partial charge in [0.05, 0.1) is 5.92 Å². The molecule has 0 radical (unpaired) electrons. The van der Waals surface area contributed by atoms with Crippen LogP contribution in [0, 0.1) is 18.8 Å². The van der Waals surface area contributed by atoms with E-state index < -0.39 is 17.8 Å². The van der Waals surface area contributed by atoms with Crippen LogP contribution in [0.2, 0.25) is 0 Å². The second kappa shape index (κ2) is 6.60. The van der Waals surface area contributed by atoms with Crippen LogP contribution in [-0.2, 0) is 9.59 Å². The van der Waals surface area contributed by atoms with Crippen molar-refractivity contribution in [2.24, 2.45) is 17.6 Å². The summed E-state index contributed by atoms with van der Waals surface area (Å²) in [5.74, 6) is -2.37. The van der Waals surface area contributed by atoms with E-state index in [4.69, 9.17) is 10.8 Å².